The molecule has 2 aliphatic carbocycles. The first-order chi connectivity index (χ1) is 14.0. The van der Waals surface area contributed by atoms with Crippen LogP contribution in [0.2, 0.25) is 0 Å². The molecule has 3 heterocycles. The topological polar surface area (TPSA) is 34.1 Å². The summed E-state index contributed by atoms with van der Waals surface area (Å²) in [4.78, 5) is 5.25. The average Bonchev–Trinajstić information content (AvgIpc) is 3.06. The summed E-state index contributed by atoms with van der Waals surface area (Å²) in [6.07, 6.45) is 3.34. The predicted octanol–water partition coefficient (Wildman–Crippen LogP) is 4.70. The smallest absolute Gasteiger partial charge is 0.151 e. The van der Waals surface area contributed by atoms with Crippen LogP contribution in [0.15, 0.2) is 36.4 Å². The fourth-order valence-electron chi connectivity index (χ4n) is 7.33. The van der Waals surface area contributed by atoms with Gasteiger partial charge in [-0.25, -0.2) is 4.98 Å². The SMILES string of the molecule is Cc1ccc2c3c1O[C@H]1c4nc5ccccc5c(C)c4C[C@@]4(C)[C@H](C2)NCC[C@]314. The Morgan fingerprint density at radius 3 is 2.90 bits per heavy atom. The van der Waals surface area contributed by atoms with E-state index in [0.29, 0.717) is 6.04 Å². The van der Waals surface area contributed by atoms with Crippen molar-refractivity contribution in [3.05, 3.63) is 69.9 Å². The van der Waals surface area contributed by atoms with Crippen LogP contribution in [-0.2, 0) is 18.3 Å². The molecule has 7 rings (SSSR count). The van der Waals surface area contributed by atoms with Gasteiger partial charge in [0.05, 0.1) is 16.6 Å². The Labute approximate surface area is 171 Å². The van der Waals surface area contributed by atoms with E-state index in [4.69, 9.17) is 9.72 Å². The van der Waals surface area contributed by atoms with Gasteiger partial charge in [-0.3, -0.25) is 0 Å². The molecule has 2 aromatic carbocycles. The number of nitrogens with zero attached hydrogens (tertiary/aromatic N) is 1. The van der Waals surface area contributed by atoms with E-state index in [2.05, 4.69) is 62.5 Å². The Hall–Kier alpha value is -2.39. The number of ether oxygens (including phenoxy) is 1. The van der Waals surface area contributed by atoms with E-state index in [9.17, 15) is 0 Å². The molecule has 1 aromatic heterocycles. The second-order valence-corrected chi connectivity index (χ2v) is 9.89. The highest BCUT2D eigenvalue weighted by molar-refractivity contribution is 5.84. The third-order valence-electron chi connectivity index (χ3n) is 8.80. The van der Waals surface area contributed by atoms with Crippen molar-refractivity contribution >= 4 is 10.9 Å². The first-order valence-electron chi connectivity index (χ1n) is 11.0. The number of benzene rings is 2. The van der Waals surface area contributed by atoms with Crippen molar-refractivity contribution in [2.75, 3.05) is 6.54 Å². The second kappa shape index (κ2) is 5.02. The van der Waals surface area contributed by atoms with Crippen LogP contribution in [0, 0.1) is 19.3 Å². The first kappa shape index (κ1) is 16.4. The number of para-hydroxylation sites is 1. The maximum Gasteiger partial charge on any atom is 0.151 e. The highest BCUT2D eigenvalue weighted by atomic mass is 16.5. The summed E-state index contributed by atoms with van der Waals surface area (Å²) in [5.74, 6) is 1.15. The van der Waals surface area contributed by atoms with Gasteiger partial charge in [-0.1, -0.05) is 37.3 Å². The van der Waals surface area contributed by atoms with Gasteiger partial charge in [-0.15, -0.1) is 0 Å². The van der Waals surface area contributed by atoms with Gasteiger partial charge in [0.1, 0.15) is 5.75 Å². The van der Waals surface area contributed by atoms with Crippen molar-refractivity contribution in [2.45, 2.75) is 57.6 Å². The van der Waals surface area contributed by atoms with E-state index < -0.39 is 0 Å². The van der Waals surface area contributed by atoms with Gasteiger partial charge in [0, 0.05) is 22.4 Å². The van der Waals surface area contributed by atoms with Crippen molar-refractivity contribution < 1.29 is 4.74 Å². The summed E-state index contributed by atoms with van der Waals surface area (Å²) in [6.45, 7) is 8.08. The second-order valence-electron chi connectivity index (χ2n) is 9.89. The van der Waals surface area contributed by atoms with Crippen LogP contribution in [0.3, 0.4) is 0 Å². The van der Waals surface area contributed by atoms with Crippen LogP contribution >= 0.6 is 0 Å². The number of nitrogens with one attached hydrogen (secondary N) is 1. The first-order valence-corrected chi connectivity index (χ1v) is 11.0. The van der Waals surface area contributed by atoms with Crippen LogP contribution in [0.4, 0.5) is 0 Å². The largest absolute Gasteiger partial charge is 0.483 e. The number of pyridine rings is 1. The van der Waals surface area contributed by atoms with Gasteiger partial charge in [-0.2, -0.15) is 0 Å². The van der Waals surface area contributed by atoms with Crippen LogP contribution in [-0.4, -0.2) is 17.6 Å². The van der Waals surface area contributed by atoms with Gasteiger partial charge >= 0.3 is 0 Å². The highest BCUT2D eigenvalue weighted by Crippen LogP contribution is 2.70. The fourth-order valence-corrected chi connectivity index (χ4v) is 7.33. The third kappa shape index (κ3) is 1.66. The molecular formula is C26H26N2O. The summed E-state index contributed by atoms with van der Waals surface area (Å²) in [5.41, 5.74) is 9.56. The molecule has 0 radical (unpaired) electrons. The molecule has 1 N–H and O–H groups in total. The Balaban J connectivity index is 1.61. The molecule has 1 spiro atoms. The van der Waals surface area contributed by atoms with E-state index >= 15 is 0 Å². The Morgan fingerprint density at radius 2 is 2.00 bits per heavy atom. The van der Waals surface area contributed by atoms with Crippen molar-refractivity contribution in [3.63, 3.8) is 0 Å². The monoisotopic (exact) mass is 382 g/mol. The van der Waals surface area contributed by atoms with Gasteiger partial charge in [-0.05, 0) is 68.0 Å². The lowest BCUT2D eigenvalue weighted by atomic mass is 9.44. The number of piperidine rings is 1. The third-order valence-corrected chi connectivity index (χ3v) is 8.80. The fraction of sp³-hybridized carbons (Fsp3) is 0.423. The normalized spacial score (nSPS) is 33.2. The lowest BCUT2D eigenvalue weighted by Crippen LogP contribution is -2.68. The molecule has 4 atom stereocenters. The van der Waals surface area contributed by atoms with E-state index in [0.717, 1.165) is 37.1 Å². The Morgan fingerprint density at radius 1 is 1.14 bits per heavy atom. The summed E-state index contributed by atoms with van der Waals surface area (Å²) in [7, 11) is 0. The zero-order valence-corrected chi connectivity index (χ0v) is 17.3. The van der Waals surface area contributed by atoms with Crippen molar-refractivity contribution in [1.29, 1.82) is 0 Å². The zero-order chi connectivity index (χ0) is 19.5. The minimum absolute atomic E-state index is 0.0271. The molecule has 1 saturated heterocycles. The van der Waals surface area contributed by atoms with E-state index in [1.54, 1.807) is 0 Å². The highest BCUT2D eigenvalue weighted by Gasteiger charge is 2.69. The van der Waals surface area contributed by atoms with Gasteiger partial charge in [0.25, 0.3) is 0 Å². The number of aryl methyl sites for hydroxylation is 2. The minimum Gasteiger partial charge on any atom is -0.483 e. The van der Waals surface area contributed by atoms with Crippen LogP contribution in [0.5, 0.6) is 5.75 Å². The lowest BCUT2D eigenvalue weighted by molar-refractivity contribution is -0.0435. The Bertz CT molecular complexity index is 1230. The average molecular weight is 383 g/mol. The number of rotatable bonds is 0. The lowest BCUT2D eigenvalue weighted by Gasteiger charge is -2.62. The molecule has 2 bridgehead atoms. The summed E-state index contributed by atoms with van der Waals surface area (Å²) in [6, 6.07) is 13.7. The standard InChI is InChI=1S/C26H26N2O/c1-14-8-9-16-12-20-25(3)13-18-15(2)17-6-4-5-7-19(17)28-22(18)24-26(25,10-11-27-20)21(16)23(14)29-24/h4-9,20,24,27H,10-13H2,1-3H3/t20-,24-,25-,26-/m0/s1. The summed E-state index contributed by atoms with van der Waals surface area (Å²) < 4.78 is 6.91. The summed E-state index contributed by atoms with van der Waals surface area (Å²) in [5, 5.41) is 5.18. The quantitative estimate of drug-likeness (QED) is 0.612. The number of hydrogen-bond acceptors (Lipinski definition) is 3. The summed E-state index contributed by atoms with van der Waals surface area (Å²) >= 11 is 0. The number of aromatic nitrogens is 1. The predicted molar refractivity (Wildman–Crippen MR) is 115 cm³/mol. The molecule has 1 fully saturated rings. The van der Waals surface area contributed by atoms with Crippen molar-refractivity contribution in [2.24, 2.45) is 5.41 Å². The molecule has 3 nitrogen and oxygen atoms in total. The molecule has 0 unspecified atom stereocenters. The van der Waals surface area contributed by atoms with Crippen molar-refractivity contribution in [3.8, 4) is 5.75 Å². The van der Waals surface area contributed by atoms with E-state index in [1.807, 2.05) is 0 Å². The maximum atomic E-state index is 6.91. The van der Waals surface area contributed by atoms with Crippen LogP contribution in [0.1, 0.15) is 53.0 Å². The van der Waals surface area contributed by atoms with Crippen molar-refractivity contribution in [1.82, 2.24) is 10.3 Å². The zero-order valence-electron chi connectivity index (χ0n) is 17.3. The molecule has 0 amide bonds. The molecule has 29 heavy (non-hydrogen) atoms. The van der Waals surface area contributed by atoms with Gasteiger partial charge in [0.15, 0.2) is 6.10 Å². The molecule has 0 saturated carbocycles. The number of hydrogen-bond donors (Lipinski definition) is 1. The number of fused-ring (bicyclic) bond motifs is 3. The molecular weight excluding hydrogens is 356 g/mol. The molecule has 3 aromatic rings. The molecule has 3 heteroatoms. The molecule has 146 valence electrons. The molecule has 2 aliphatic heterocycles. The van der Waals surface area contributed by atoms with Gasteiger partial charge in [0.2, 0.25) is 0 Å². The van der Waals surface area contributed by atoms with Crippen LogP contribution in [0.25, 0.3) is 10.9 Å². The van der Waals surface area contributed by atoms with Crippen LogP contribution < -0.4 is 10.1 Å². The van der Waals surface area contributed by atoms with E-state index in [-0.39, 0.29) is 16.9 Å². The Kier molecular flexibility index (Phi) is 2.84. The molecule has 4 aliphatic rings. The minimum atomic E-state index is 0.0271. The van der Waals surface area contributed by atoms with E-state index in [1.165, 1.54) is 38.9 Å². The van der Waals surface area contributed by atoms with Gasteiger partial charge < -0.3 is 10.1 Å². The maximum absolute atomic E-state index is 6.91.